The molecule has 5 nitrogen and oxygen atoms in total. The van der Waals surface area contributed by atoms with Gasteiger partial charge in [-0.3, -0.25) is 14.5 Å². The number of carbonyl (C=O) groups is 2. The van der Waals surface area contributed by atoms with Crippen molar-refractivity contribution in [1.82, 2.24) is 4.90 Å². The molecule has 0 saturated carbocycles. The van der Waals surface area contributed by atoms with Gasteiger partial charge in [0.05, 0.1) is 12.6 Å². The summed E-state index contributed by atoms with van der Waals surface area (Å²) < 4.78 is 0. The van der Waals surface area contributed by atoms with Gasteiger partial charge in [0.25, 0.3) is 0 Å². The lowest BCUT2D eigenvalue weighted by Gasteiger charge is -2.28. The predicted octanol–water partition coefficient (Wildman–Crippen LogP) is 3.46. The first-order valence-electron chi connectivity index (χ1n) is 9.75. The number of likely N-dealkylation sites (N-methyl/N-ethyl adjacent to an activating group) is 1. The van der Waals surface area contributed by atoms with Crippen LogP contribution in [-0.4, -0.2) is 42.9 Å². The van der Waals surface area contributed by atoms with Gasteiger partial charge in [0, 0.05) is 17.9 Å². The van der Waals surface area contributed by atoms with E-state index in [9.17, 15) is 9.59 Å². The van der Waals surface area contributed by atoms with Gasteiger partial charge in [0.15, 0.2) is 0 Å². The van der Waals surface area contributed by atoms with Crippen molar-refractivity contribution in [3.8, 4) is 0 Å². The minimum atomic E-state index is -0.378. The summed E-state index contributed by atoms with van der Waals surface area (Å²) >= 11 is 0. The number of benzene rings is 2. The first-order chi connectivity index (χ1) is 13.3. The van der Waals surface area contributed by atoms with Crippen LogP contribution >= 0.6 is 0 Å². The fourth-order valence-corrected chi connectivity index (χ4v) is 3.90. The largest absolute Gasteiger partial charge is 0.324 e. The Hall–Kier alpha value is -2.66. The lowest BCUT2D eigenvalue weighted by Crippen LogP contribution is -2.47. The Morgan fingerprint density at radius 3 is 2.46 bits per heavy atom. The van der Waals surface area contributed by atoms with E-state index in [0.717, 1.165) is 28.9 Å². The molecular weight excluding hydrogens is 350 g/mol. The first kappa shape index (κ1) is 20.1. The van der Waals surface area contributed by atoms with Crippen molar-refractivity contribution in [1.29, 1.82) is 0 Å². The van der Waals surface area contributed by atoms with E-state index in [1.54, 1.807) is 4.90 Å². The molecule has 0 aromatic heterocycles. The molecule has 0 saturated heterocycles. The lowest BCUT2D eigenvalue weighted by atomic mass is 10.1. The molecule has 2 aromatic carbocycles. The zero-order chi connectivity index (χ0) is 20.4. The lowest BCUT2D eigenvalue weighted by molar-refractivity contribution is -0.124. The Kier molecular flexibility index (Phi) is 5.84. The van der Waals surface area contributed by atoms with Crippen LogP contribution in [0.1, 0.15) is 29.2 Å². The molecule has 1 aliphatic heterocycles. The van der Waals surface area contributed by atoms with E-state index < -0.39 is 0 Å². The number of carbonyl (C=O) groups excluding carboxylic acids is 2. The predicted molar refractivity (Wildman–Crippen MR) is 114 cm³/mol. The Morgan fingerprint density at radius 1 is 1.14 bits per heavy atom. The highest BCUT2D eigenvalue weighted by Crippen LogP contribution is 2.28. The normalized spacial score (nSPS) is 14.1. The molecule has 0 fully saturated rings. The van der Waals surface area contributed by atoms with E-state index in [1.165, 1.54) is 11.1 Å². The molecule has 1 heterocycles. The number of hydrogen-bond acceptors (Lipinski definition) is 3. The summed E-state index contributed by atoms with van der Waals surface area (Å²) in [7, 11) is 1.82. The number of nitrogens with zero attached hydrogens (tertiary/aromatic N) is 2. The molecule has 148 valence electrons. The maximum Gasteiger partial charge on any atom is 0.244 e. The van der Waals surface area contributed by atoms with Crippen LogP contribution in [0.5, 0.6) is 0 Å². The summed E-state index contributed by atoms with van der Waals surface area (Å²) in [5.74, 6) is -0.0815. The van der Waals surface area contributed by atoms with Crippen molar-refractivity contribution in [2.24, 2.45) is 0 Å². The monoisotopic (exact) mass is 379 g/mol. The second-order valence-electron chi connectivity index (χ2n) is 7.78. The third kappa shape index (κ3) is 4.09. The van der Waals surface area contributed by atoms with Crippen LogP contribution in [-0.2, 0) is 16.0 Å². The molecule has 2 amide bonds. The molecule has 0 radical (unpaired) electrons. The average molecular weight is 380 g/mol. The van der Waals surface area contributed by atoms with E-state index in [4.69, 9.17) is 0 Å². The van der Waals surface area contributed by atoms with Crippen molar-refractivity contribution >= 4 is 23.2 Å². The summed E-state index contributed by atoms with van der Waals surface area (Å²) in [6.07, 6.45) is 0.880. The van der Waals surface area contributed by atoms with Crippen LogP contribution in [0.15, 0.2) is 36.4 Å². The fourth-order valence-electron chi connectivity index (χ4n) is 3.90. The molecule has 2 aromatic rings. The van der Waals surface area contributed by atoms with Gasteiger partial charge in [-0.15, -0.1) is 0 Å². The fraction of sp³-hybridized carbons (Fsp3) is 0.391. The van der Waals surface area contributed by atoms with Gasteiger partial charge in [-0.2, -0.15) is 0 Å². The van der Waals surface area contributed by atoms with E-state index >= 15 is 0 Å². The summed E-state index contributed by atoms with van der Waals surface area (Å²) in [5.41, 5.74) is 6.32. The second-order valence-corrected chi connectivity index (χ2v) is 7.78. The second kappa shape index (κ2) is 8.15. The number of aryl methyl sites for hydroxylation is 3. The van der Waals surface area contributed by atoms with E-state index in [-0.39, 0.29) is 24.4 Å². The zero-order valence-corrected chi connectivity index (χ0v) is 17.4. The van der Waals surface area contributed by atoms with Crippen LogP contribution in [0.4, 0.5) is 11.4 Å². The van der Waals surface area contributed by atoms with Crippen LogP contribution < -0.4 is 10.2 Å². The Balaban J connectivity index is 1.64. The highest BCUT2D eigenvalue weighted by atomic mass is 16.2. The van der Waals surface area contributed by atoms with Gasteiger partial charge in [0.2, 0.25) is 11.8 Å². The highest BCUT2D eigenvalue weighted by molar-refractivity contribution is 5.99. The van der Waals surface area contributed by atoms with Crippen molar-refractivity contribution in [2.45, 2.75) is 40.2 Å². The zero-order valence-electron chi connectivity index (χ0n) is 17.4. The van der Waals surface area contributed by atoms with Gasteiger partial charge in [0.1, 0.15) is 0 Å². The summed E-state index contributed by atoms with van der Waals surface area (Å²) in [4.78, 5) is 29.2. The Bertz CT molecular complexity index is 883. The van der Waals surface area contributed by atoms with Crippen LogP contribution in [0.25, 0.3) is 0 Å². The molecule has 0 bridgehead atoms. The van der Waals surface area contributed by atoms with Crippen LogP contribution in [0.3, 0.4) is 0 Å². The topological polar surface area (TPSA) is 52.7 Å². The SMILES string of the molecule is Cc1cc(C)c(NC(=O)CN(C)[C@@H](C)C(=O)N2CCc3ccccc32)c(C)c1. The molecular formula is C23H29N3O2. The summed E-state index contributed by atoms with van der Waals surface area (Å²) in [5, 5.41) is 3.01. The van der Waals surface area contributed by atoms with Gasteiger partial charge >= 0.3 is 0 Å². The van der Waals surface area contributed by atoms with Gasteiger partial charge < -0.3 is 10.2 Å². The number of nitrogens with one attached hydrogen (secondary N) is 1. The third-order valence-electron chi connectivity index (χ3n) is 5.51. The molecule has 0 aliphatic carbocycles. The molecule has 1 atom stereocenters. The molecule has 5 heteroatoms. The number of anilines is 2. The smallest absolute Gasteiger partial charge is 0.244 e. The Morgan fingerprint density at radius 2 is 1.79 bits per heavy atom. The van der Waals surface area contributed by atoms with E-state index in [2.05, 4.69) is 23.5 Å². The Labute approximate surface area is 167 Å². The van der Waals surface area contributed by atoms with Gasteiger partial charge in [-0.05, 0) is 63.9 Å². The number of para-hydroxylation sites is 1. The van der Waals surface area contributed by atoms with E-state index in [1.807, 2.05) is 57.8 Å². The van der Waals surface area contributed by atoms with Gasteiger partial charge in [-0.25, -0.2) is 0 Å². The quantitative estimate of drug-likeness (QED) is 0.866. The molecule has 1 N–H and O–H groups in total. The minimum Gasteiger partial charge on any atom is -0.324 e. The van der Waals surface area contributed by atoms with Crippen molar-refractivity contribution in [3.05, 3.63) is 58.7 Å². The first-order valence-corrected chi connectivity index (χ1v) is 9.75. The van der Waals surface area contributed by atoms with Crippen LogP contribution in [0, 0.1) is 20.8 Å². The molecule has 0 spiro atoms. The standard InChI is InChI=1S/C23H29N3O2/c1-15-12-16(2)22(17(3)13-15)24-21(27)14-25(5)18(4)23(28)26-11-10-19-8-6-7-9-20(19)26/h6-9,12-13,18H,10-11,14H2,1-5H3,(H,24,27)/t18-/m0/s1. The molecule has 28 heavy (non-hydrogen) atoms. The summed E-state index contributed by atoms with van der Waals surface area (Å²) in [6, 6.07) is 11.8. The third-order valence-corrected chi connectivity index (χ3v) is 5.51. The molecule has 1 aliphatic rings. The number of fused-ring (bicyclic) bond motifs is 1. The molecule has 3 rings (SSSR count). The van der Waals surface area contributed by atoms with Crippen molar-refractivity contribution in [3.63, 3.8) is 0 Å². The maximum atomic E-state index is 13.0. The van der Waals surface area contributed by atoms with Crippen LogP contribution in [0.2, 0.25) is 0 Å². The van der Waals surface area contributed by atoms with Gasteiger partial charge in [-0.1, -0.05) is 35.9 Å². The molecule has 0 unspecified atom stereocenters. The summed E-state index contributed by atoms with van der Waals surface area (Å²) in [6.45, 7) is 8.76. The maximum absolute atomic E-state index is 13.0. The average Bonchev–Trinajstić information content (AvgIpc) is 3.07. The van der Waals surface area contributed by atoms with Crippen molar-refractivity contribution in [2.75, 3.05) is 30.4 Å². The van der Waals surface area contributed by atoms with Crippen molar-refractivity contribution < 1.29 is 9.59 Å². The number of amides is 2. The number of hydrogen-bond donors (Lipinski definition) is 1. The number of rotatable bonds is 5. The minimum absolute atomic E-state index is 0.0305. The highest BCUT2D eigenvalue weighted by Gasteiger charge is 2.30. The van der Waals surface area contributed by atoms with E-state index in [0.29, 0.717) is 6.54 Å².